The zero-order valence-electron chi connectivity index (χ0n) is 12.9. The van der Waals surface area contributed by atoms with Crippen LogP contribution in [-0.2, 0) is 5.41 Å². The van der Waals surface area contributed by atoms with E-state index in [9.17, 15) is 0 Å². The predicted molar refractivity (Wildman–Crippen MR) is 91.2 cm³/mol. The Morgan fingerprint density at radius 2 is 2.05 bits per heavy atom. The number of aromatic nitrogens is 2. The van der Waals surface area contributed by atoms with Gasteiger partial charge in [0.15, 0.2) is 0 Å². The van der Waals surface area contributed by atoms with Crippen LogP contribution < -0.4 is 5.32 Å². The van der Waals surface area contributed by atoms with Crippen molar-refractivity contribution < 1.29 is 0 Å². The Labute approximate surface area is 129 Å². The van der Waals surface area contributed by atoms with Gasteiger partial charge in [-0.3, -0.25) is 0 Å². The van der Waals surface area contributed by atoms with Crippen LogP contribution in [0.4, 0.5) is 5.69 Å². The quantitative estimate of drug-likeness (QED) is 0.707. The van der Waals surface area contributed by atoms with Crippen molar-refractivity contribution >= 4 is 28.1 Å². The van der Waals surface area contributed by atoms with Gasteiger partial charge in [0.2, 0.25) is 0 Å². The maximum absolute atomic E-state index is 4.67. The van der Waals surface area contributed by atoms with Crippen molar-refractivity contribution in [3.63, 3.8) is 0 Å². The van der Waals surface area contributed by atoms with Gasteiger partial charge in [0.1, 0.15) is 5.82 Å². The molecule has 0 bridgehead atoms. The molecule has 4 heteroatoms. The van der Waals surface area contributed by atoms with Crippen LogP contribution in [0.5, 0.6) is 0 Å². The predicted octanol–water partition coefficient (Wildman–Crippen LogP) is 5.10. The lowest BCUT2D eigenvalue weighted by Gasteiger charge is -2.14. The first-order valence-electron chi connectivity index (χ1n) is 7.22. The summed E-state index contributed by atoms with van der Waals surface area (Å²) in [5.74, 6) is 1.03. The molecule has 0 spiro atoms. The van der Waals surface area contributed by atoms with Crippen LogP contribution in [0.25, 0.3) is 11.0 Å². The summed E-state index contributed by atoms with van der Waals surface area (Å²) in [6.07, 6.45) is 0. The first-order chi connectivity index (χ1) is 9.93. The molecule has 1 aromatic carbocycles. The fourth-order valence-electron chi connectivity index (χ4n) is 2.31. The van der Waals surface area contributed by atoms with Crippen LogP contribution in [-0.4, -0.2) is 9.97 Å². The Morgan fingerprint density at radius 3 is 2.71 bits per heavy atom. The summed E-state index contributed by atoms with van der Waals surface area (Å²) in [4.78, 5) is 8.11. The van der Waals surface area contributed by atoms with Crippen molar-refractivity contribution in [2.45, 2.75) is 39.2 Å². The Hall–Kier alpha value is -1.81. The third-order valence-electron chi connectivity index (χ3n) is 3.62. The van der Waals surface area contributed by atoms with Gasteiger partial charge in [-0.25, -0.2) is 4.98 Å². The van der Waals surface area contributed by atoms with E-state index in [0.29, 0.717) is 6.04 Å². The number of H-pyrrole nitrogens is 1. The number of aromatic amines is 1. The standard InChI is InChI=1S/C17H21N3S/c1-11(12-7-8-21-10-12)18-13-5-6-14-15(9-13)20-16(19-14)17(2,3)4/h5-11,18H,1-4H3,(H,19,20). The number of thiophene rings is 1. The molecule has 0 saturated heterocycles. The molecule has 0 fully saturated rings. The van der Waals surface area contributed by atoms with Gasteiger partial charge in [0.05, 0.1) is 11.0 Å². The van der Waals surface area contributed by atoms with Crippen molar-refractivity contribution in [3.05, 3.63) is 46.4 Å². The third-order valence-corrected chi connectivity index (χ3v) is 4.32. The van der Waals surface area contributed by atoms with Crippen LogP contribution in [0.2, 0.25) is 0 Å². The second-order valence-corrected chi connectivity index (χ2v) is 7.27. The van der Waals surface area contributed by atoms with E-state index >= 15 is 0 Å². The number of hydrogen-bond acceptors (Lipinski definition) is 3. The fourth-order valence-corrected chi connectivity index (χ4v) is 3.06. The maximum atomic E-state index is 4.67. The molecule has 0 amide bonds. The minimum atomic E-state index is 0.0383. The molecule has 2 N–H and O–H groups in total. The molecule has 21 heavy (non-hydrogen) atoms. The molecule has 0 aliphatic carbocycles. The van der Waals surface area contributed by atoms with E-state index in [1.807, 2.05) is 0 Å². The average Bonchev–Trinajstić information content (AvgIpc) is 3.06. The van der Waals surface area contributed by atoms with E-state index in [1.54, 1.807) is 11.3 Å². The van der Waals surface area contributed by atoms with E-state index in [2.05, 4.69) is 78.0 Å². The van der Waals surface area contributed by atoms with Crippen LogP contribution in [0.15, 0.2) is 35.0 Å². The van der Waals surface area contributed by atoms with Gasteiger partial charge < -0.3 is 10.3 Å². The topological polar surface area (TPSA) is 40.7 Å². The summed E-state index contributed by atoms with van der Waals surface area (Å²) in [5, 5.41) is 7.84. The van der Waals surface area contributed by atoms with E-state index in [0.717, 1.165) is 22.5 Å². The number of hydrogen-bond donors (Lipinski definition) is 2. The number of nitrogens with one attached hydrogen (secondary N) is 2. The van der Waals surface area contributed by atoms with Crippen LogP contribution in [0.3, 0.4) is 0 Å². The average molecular weight is 299 g/mol. The normalized spacial score (nSPS) is 13.5. The molecule has 0 saturated carbocycles. The second kappa shape index (κ2) is 5.19. The lowest BCUT2D eigenvalue weighted by molar-refractivity contribution is 0.554. The first-order valence-corrected chi connectivity index (χ1v) is 8.16. The molecule has 1 atom stereocenters. The van der Waals surface area contributed by atoms with E-state index in [4.69, 9.17) is 0 Å². The van der Waals surface area contributed by atoms with Crippen molar-refractivity contribution in [2.24, 2.45) is 0 Å². The lowest BCUT2D eigenvalue weighted by Crippen LogP contribution is -2.12. The highest BCUT2D eigenvalue weighted by Gasteiger charge is 2.18. The van der Waals surface area contributed by atoms with Gasteiger partial charge >= 0.3 is 0 Å². The van der Waals surface area contributed by atoms with Crippen LogP contribution in [0, 0.1) is 0 Å². The number of benzene rings is 1. The largest absolute Gasteiger partial charge is 0.378 e. The smallest absolute Gasteiger partial charge is 0.112 e. The number of fused-ring (bicyclic) bond motifs is 1. The zero-order valence-corrected chi connectivity index (χ0v) is 13.7. The highest BCUT2D eigenvalue weighted by Crippen LogP contribution is 2.26. The Bertz CT molecular complexity index is 735. The minimum absolute atomic E-state index is 0.0383. The van der Waals surface area contributed by atoms with Crippen LogP contribution in [0.1, 0.15) is 45.1 Å². The second-order valence-electron chi connectivity index (χ2n) is 6.49. The van der Waals surface area contributed by atoms with Gasteiger partial charge in [-0.2, -0.15) is 11.3 Å². The molecule has 3 rings (SSSR count). The van der Waals surface area contributed by atoms with E-state index in [-0.39, 0.29) is 5.41 Å². The Balaban J connectivity index is 1.87. The van der Waals surface area contributed by atoms with Crippen molar-refractivity contribution in [2.75, 3.05) is 5.32 Å². The molecule has 2 aromatic heterocycles. The summed E-state index contributed by atoms with van der Waals surface area (Å²) >= 11 is 1.73. The molecule has 3 nitrogen and oxygen atoms in total. The number of imidazole rings is 1. The van der Waals surface area contributed by atoms with Gasteiger partial charge in [-0.15, -0.1) is 0 Å². The molecule has 0 aliphatic rings. The number of nitrogens with zero attached hydrogens (tertiary/aromatic N) is 1. The minimum Gasteiger partial charge on any atom is -0.378 e. The molecule has 0 aliphatic heterocycles. The molecular formula is C17H21N3S. The maximum Gasteiger partial charge on any atom is 0.112 e. The van der Waals surface area contributed by atoms with E-state index in [1.165, 1.54) is 5.56 Å². The summed E-state index contributed by atoms with van der Waals surface area (Å²) in [5.41, 5.74) is 4.58. The van der Waals surface area contributed by atoms with Crippen molar-refractivity contribution in [1.29, 1.82) is 0 Å². The summed E-state index contributed by atoms with van der Waals surface area (Å²) in [7, 11) is 0. The molecule has 3 aromatic rings. The molecular weight excluding hydrogens is 278 g/mol. The molecule has 2 heterocycles. The Kier molecular flexibility index (Phi) is 3.49. The molecule has 1 unspecified atom stereocenters. The van der Waals surface area contributed by atoms with Crippen molar-refractivity contribution in [3.8, 4) is 0 Å². The van der Waals surface area contributed by atoms with Crippen LogP contribution >= 0.6 is 11.3 Å². The highest BCUT2D eigenvalue weighted by molar-refractivity contribution is 7.07. The number of anilines is 1. The molecule has 0 radical (unpaired) electrons. The number of rotatable bonds is 3. The van der Waals surface area contributed by atoms with Gasteiger partial charge in [0, 0.05) is 17.1 Å². The summed E-state index contributed by atoms with van der Waals surface area (Å²) < 4.78 is 0. The zero-order chi connectivity index (χ0) is 15.0. The summed E-state index contributed by atoms with van der Waals surface area (Å²) in [6, 6.07) is 8.77. The van der Waals surface area contributed by atoms with Gasteiger partial charge in [-0.1, -0.05) is 20.8 Å². The Morgan fingerprint density at radius 1 is 1.24 bits per heavy atom. The third kappa shape index (κ3) is 2.95. The lowest BCUT2D eigenvalue weighted by atomic mass is 9.96. The summed E-state index contributed by atoms with van der Waals surface area (Å²) in [6.45, 7) is 8.69. The SMILES string of the molecule is CC(Nc1ccc2nc(C(C)(C)C)[nH]c2c1)c1ccsc1. The van der Waals surface area contributed by atoms with Gasteiger partial charge in [0.25, 0.3) is 0 Å². The monoisotopic (exact) mass is 299 g/mol. The fraction of sp³-hybridized carbons (Fsp3) is 0.353. The van der Waals surface area contributed by atoms with Gasteiger partial charge in [-0.05, 0) is 47.5 Å². The van der Waals surface area contributed by atoms with E-state index < -0.39 is 0 Å². The van der Waals surface area contributed by atoms with Crippen molar-refractivity contribution in [1.82, 2.24) is 9.97 Å². The highest BCUT2D eigenvalue weighted by atomic mass is 32.1. The first kappa shape index (κ1) is 14.1. The molecule has 110 valence electrons.